The molecule has 2 aromatic carbocycles. The van der Waals surface area contributed by atoms with Crippen LogP contribution in [0.5, 0.6) is 11.5 Å². The molecule has 0 N–H and O–H groups in total. The van der Waals surface area contributed by atoms with Crippen molar-refractivity contribution in [3.63, 3.8) is 0 Å². The zero-order valence-electron chi connectivity index (χ0n) is 15.8. The molecule has 28 heavy (non-hydrogen) atoms. The first-order valence-corrected chi connectivity index (χ1v) is 9.69. The van der Waals surface area contributed by atoms with Crippen LogP contribution in [-0.4, -0.2) is 25.2 Å². The van der Waals surface area contributed by atoms with Crippen molar-refractivity contribution < 1.29 is 19.0 Å². The molecule has 0 unspecified atom stereocenters. The minimum absolute atomic E-state index is 0.195. The number of carbonyl (C=O) groups is 1. The summed E-state index contributed by atoms with van der Waals surface area (Å²) < 4.78 is 15.8. The zero-order chi connectivity index (χ0) is 19.8. The van der Waals surface area contributed by atoms with Gasteiger partial charge in [-0.05, 0) is 47.5 Å². The Kier molecular flexibility index (Phi) is 6.92. The average Bonchev–Trinajstić information content (AvgIpc) is 2.77. The molecule has 144 valence electrons. The van der Waals surface area contributed by atoms with Gasteiger partial charge in [-0.1, -0.05) is 24.3 Å². The van der Waals surface area contributed by atoms with Crippen LogP contribution >= 0.6 is 11.8 Å². The number of nitrogens with zero attached hydrogens (tertiary/aromatic N) is 1. The van der Waals surface area contributed by atoms with Crippen LogP contribution in [0.3, 0.4) is 0 Å². The van der Waals surface area contributed by atoms with E-state index in [1.165, 1.54) is 11.8 Å². The highest BCUT2D eigenvalue weighted by atomic mass is 32.2. The van der Waals surface area contributed by atoms with Crippen molar-refractivity contribution >= 4 is 17.7 Å². The Morgan fingerprint density at radius 3 is 2.11 bits per heavy atom. The summed E-state index contributed by atoms with van der Waals surface area (Å²) in [7, 11) is 3.25. The molecular formula is C22H21NO4S. The summed E-state index contributed by atoms with van der Waals surface area (Å²) in [5, 5.41) is 0.651. The molecule has 0 saturated carbocycles. The van der Waals surface area contributed by atoms with Crippen LogP contribution in [0, 0.1) is 0 Å². The normalized spacial score (nSPS) is 10.4. The molecule has 0 amide bonds. The van der Waals surface area contributed by atoms with Gasteiger partial charge in [0.1, 0.15) is 23.1 Å². The van der Waals surface area contributed by atoms with Crippen LogP contribution in [0.1, 0.15) is 21.5 Å². The summed E-state index contributed by atoms with van der Waals surface area (Å²) in [4.78, 5) is 16.9. The first-order chi connectivity index (χ1) is 13.7. The first-order valence-electron chi connectivity index (χ1n) is 8.70. The number of esters is 1. The van der Waals surface area contributed by atoms with Gasteiger partial charge in [0.05, 0.1) is 19.8 Å². The van der Waals surface area contributed by atoms with Gasteiger partial charge in [0.15, 0.2) is 0 Å². The van der Waals surface area contributed by atoms with Crippen molar-refractivity contribution in [3.05, 3.63) is 83.6 Å². The molecule has 6 heteroatoms. The molecule has 3 aromatic rings. The van der Waals surface area contributed by atoms with E-state index < -0.39 is 0 Å². The Labute approximate surface area is 168 Å². The molecule has 0 fully saturated rings. The van der Waals surface area contributed by atoms with Crippen molar-refractivity contribution in [2.24, 2.45) is 0 Å². The Balaban J connectivity index is 1.62. The number of thioether (sulfide) groups is 1. The number of ether oxygens (including phenoxy) is 3. The Morgan fingerprint density at radius 1 is 0.893 bits per heavy atom. The third kappa shape index (κ3) is 5.27. The molecule has 0 radical (unpaired) electrons. The quantitative estimate of drug-likeness (QED) is 0.405. The van der Waals surface area contributed by atoms with E-state index in [-0.39, 0.29) is 12.6 Å². The fraction of sp³-hybridized carbons (Fsp3) is 0.182. The summed E-state index contributed by atoms with van der Waals surface area (Å²) >= 11 is 1.50. The molecule has 1 aromatic heterocycles. The number of hydrogen-bond acceptors (Lipinski definition) is 6. The van der Waals surface area contributed by atoms with E-state index >= 15 is 0 Å². The number of benzene rings is 2. The maximum atomic E-state index is 12.5. The second kappa shape index (κ2) is 9.80. The predicted octanol–water partition coefficient (Wildman–Crippen LogP) is 4.75. The number of aromatic nitrogens is 1. The van der Waals surface area contributed by atoms with Crippen molar-refractivity contribution in [1.82, 2.24) is 4.98 Å². The second-order valence-corrected chi connectivity index (χ2v) is 6.88. The third-order valence-electron chi connectivity index (χ3n) is 4.05. The fourth-order valence-corrected chi connectivity index (χ4v) is 3.42. The molecule has 3 rings (SSSR count). The van der Waals surface area contributed by atoms with Crippen molar-refractivity contribution in [1.29, 1.82) is 0 Å². The van der Waals surface area contributed by atoms with E-state index in [0.29, 0.717) is 16.3 Å². The van der Waals surface area contributed by atoms with Crippen molar-refractivity contribution in [2.45, 2.75) is 17.4 Å². The summed E-state index contributed by atoms with van der Waals surface area (Å²) in [5.41, 5.74) is 2.48. The average molecular weight is 395 g/mol. The highest BCUT2D eigenvalue weighted by molar-refractivity contribution is 7.98. The van der Waals surface area contributed by atoms with Gasteiger partial charge in [-0.2, -0.15) is 0 Å². The molecule has 5 nitrogen and oxygen atoms in total. The maximum absolute atomic E-state index is 12.5. The fourth-order valence-electron chi connectivity index (χ4n) is 2.48. The molecule has 1 heterocycles. The Hall–Kier alpha value is -2.99. The standard InChI is InChI=1S/C22H21NO4S/c1-25-18-9-5-16(6-10-18)14-27-22(24)20-4-3-13-23-21(20)28-15-17-7-11-19(26-2)12-8-17/h3-13H,14-15H2,1-2H3. The number of carbonyl (C=O) groups excluding carboxylic acids is 1. The monoisotopic (exact) mass is 395 g/mol. The Bertz CT molecular complexity index is 911. The lowest BCUT2D eigenvalue weighted by molar-refractivity contribution is 0.0467. The van der Waals surface area contributed by atoms with E-state index in [1.54, 1.807) is 32.5 Å². The summed E-state index contributed by atoms with van der Waals surface area (Å²) in [5.74, 6) is 1.88. The van der Waals surface area contributed by atoms with E-state index in [9.17, 15) is 4.79 Å². The minimum Gasteiger partial charge on any atom is -0.497 e. The van der Waals surface area contributed by atoms with Crippen LogP contribution in [0.4, 0.5) is 0 Å². The van der Waals surface area contributed by atoms with Gasteiger partial charge in [-0.25, -0.2) is 9.78 Å². The first kappa shape index (κ1) is 19.8. The van der Waals surface area contributed by atoms with E-state index in [1.807, 2.05) is 48.5 Å². The second-order valence-electron chi connectivity index (χ2n) is 5.92. The topological polar surface area (TPSA) is 57.7 Å². The molecule has 0 spiro atoms. The smallest absolute Gasteiger partial charge is 0.341 e. The number of hydrogen-bond donors (Lipinski definition) is 0. The number of methoxy groups -OCH3 is 2. The molecule has 0 aliphatic rings. The SMILES string of the molecule is COc1ccc(COC(=O)c2cccnc2SCc2ccc(OC)cc2)cc1. The lowest BCUT2D eigenvalue weighted by atomic mass is 10.2. The highest BCUT2D eigenvalue weighted by Gasteiger charge is 2.14. The van der Waals surface area contributed by atoms with Gasteiger partial charge in [0, 0.05) is 11.9 Å². The summed E-state index contributed by atoms with van der Waals surface area (Å²) in [6.07, 6.45) is 1.68. The van der Waals surface area contributed by atoms with Crippen LogP contribution in [0.25, 0.3) is 0 Å². The van der Waals surface area contributed by atoms with Gasteiger partial charge in [0.25, 0.3) is 0 Å². The largest absolute Gasteiger partial charge is 0.497 e. The van der Waals surface area contributed by atoms with Gasteiger partial charge >= 0.3 is 5.97 Å². The Morgan fingerprint density at radius 2 is 1.50 bits per heavy atom. The van der Waals surface area contributed by atoms with Gasteiger partial charge in [-0.15, -0.1) is 11.8 Å². The molecule has 0 atom stereocenters. The van der Waals surface area contributed by atoms with Crippen LogP contribution in [0.2, 0.25) is 0 Å². The van der Waals surface area contributed by atoms with E-state index in [0.717, 1.165) is 22.6 Å². The van der Waals surface area contributed by atoms with Crippen LogP contribution < -0.4 is 9.47 Å². The van der Waals surface area contributed by atoms with Gasteiger partial charge < -0.3 is 14.2 Å². The van der Waals surface area contributed by atoms with Crippen LogP contribution in [-0.2, 0) is 17.1 Å². The third-order valence-corrected chi connectivity index (χ3v) is 5.13. The number of rotatable bonds is 8. The molecule has 0 saturated heterocycles. The maximum Gasteiger partial charge on any atom is 0.341 e. The summed E-state index contributed by atoms with van der Waals surface area (Å²) in [6, 6.07) is 18.7. The number of pyridine rings is 1. The van der Waals surface area contributed by atoms with Crippen molar-refractivity contribution in [3.8, 4) is 11.5 Å². The van der Waals surface area contributed by atoms with E-state index in [2.05, 4.69) is 4.98 Å². The summed E-state index contributed by atoms with van der Waals surface area (Å²) in [6.45, 7) is 0.195. The van der Waals surface area contributed by atoms with Crippen LogP contribution in [0.15, 0.2) is 71.9 Å². The lowest BCUT2D eigenvalue weighted by Crippen LogP contribution is -2.07. The highest BCUT2D eigenvalue weighted by Crippen LogP contribution is 2.26. The molecule has 0 aliphatic heterocycles. The van der Waals surface area contributed by atoms with Gasteiger partial charge in [0.2, 0.25) is 0 Å². The van der Waals surface area contributed by atoms with E-state index in [4.69, 9.17) is 14.2 Å². The zero-order valence-corrected chi connectivity index (χ0v) is 16.6. The van der Waals surface area contributed by atoms with Gasteiger partial charge in [-0.3, -0.25) is 0 Å². The predicted molar refractivity (Wildman–Crippen MR) is 109 cm³/mol. The molecule has 0 aliphatic carbocycles. The molecular weight excluding hydrogens is 374 g/mol. The van der Waals surface area contributed by atoms with Crippen molar-refractivity contribution in [2.75, 3.05) is 14.2 Å². The minimum atomic E-state index is -0.388. The lowest BCUT2D eigenvalue weighted by Gasteiger charge is -2.09. The molecule has 0 bridgehead atoms.